The van der Waals surface area contributed by atoms with Gasteiger partial charge < -0.3 is 16.0 Å². The second-order valence-corrected chi connectivity index (χ2v) is 3.92. The Kier molecular flexibility index (Phi) is 4.17. The first-order valence-electron chi connectivity index (χ1n) is 5.44. The number of amides is 2. The van der Waals surface area contributed by atoms with Gasteiger partial charge in [-0.25, -0.2) is 4.79 Å². The van der Waals surface area contributed by atoms with Gasteiger partial charge in [-0.1, -0.05) is 6.92 Å². The fraction of sp³-hybridized carbons (Fsp3) is 0.417. The Balaban J connectivity index is 2.60. The lowest BCUT2D eigenvalue weighted by Crippen LogP contribution is -2.37. The number of hydrogen-bond donors (Lipinski definition) is 2. The van der Waals surface area contributed by atoms with Crippen molar-refractivity contribution >= 4 is 17.4 Å². The predicted molar refractivity (Wildman–Crippen MR) is 67.4 cm³/mol. The van der Waals surface area contributed by atoms with Gasteiger partial charge in [-0.15, -0.1) is 0 Å². The van der Waals surface area contributed by atoms with Gasteiger partial charge >= 0.3 is 6.03 Å². The molecular formula is C12H19N3O. The monoisotopic (exact) mass is 221 g/mol. The maximum atomic E-state index is 11.8. The zero-order valence-electron chi connectivity index (χ0n) is 10.0. The molecule has 0 spiro atoms. The molecule has 0 heterocycles. The van der Waals surface area contributed by atoms with Crippen molar-refractivity contribution in [2.75, 3.05) is 18.1 Å². The largest absolute Gasteiger partial charge is 0.399 e. The Morgan fingerprint density at radius 1 is 1.44 bits per heavy atom. The van der Waals surface area contributed by atoms with Crippen molar-refractivity contribution in [3.8, 4) is 0 Å². The number of anilines is 2. The molecule has 0 bridgehead atoms. The second kappa shape index (κ2) is 5.39. The molecule has 0 saturated heterocycles. The minimum absolute atomic E-state index is 0.0980. The van der Waals surface area contributed by atoms with E-state index in [2.05, 4.69) is 12.2 Å². The highest BCUT2D eigenvalue weighted by Crippen LogP contribution is 2.12. The molecule has 3 N–H and O–H groups in total. The Labute approximate surface area is 96.4 Å². The van der Waals surface area contributed by atoms with Crippen LogP contribution in [-0.4, -0.2) is 24.0 Å². The van der Waals surface area contributed by atoms with E-state index in [0.29, 0.717) is 5.69 Å². The molecule has 4 heteroatoms. The van der Waals surface area contributed by atoms with E-state index in [1.807, 2.05) is 6.92 Å². The van der Waals surface area contributed by atoms with Crippen molar-refractivity contribution < 1.29 is 4.79 Å². The van der Waals surface area contributed by atoms with Crippen LogP contribution >= 0.6 is 0 Å². The first kappa shape index (κ1) is 12.4. The van der Waals surface area contributed by atoms with Gasteiger partial charge in [0.15, 0.2) is 0 Å². The SMILES string of the molecule is CCC(C)N(C)C(=O)Nc1ccc(N)cc1. The molecule has 16 heavy (non-hydrogen) atoms. The molecule has 0 aliphatic heterocycles. The van der Waals surface area contributed by atoms with Gasteiger partial charge in [0.05, 0.1) is 0 Å². The third-order valence-corrected chi connectivity index (χ3v) is 2.73. The van der Waals surface area contributed by atoms with Gasteiger partial charge in [-0.2, -0.15) is 0 Å². The fourth-order valence-electron chi connectivity index (χ4n) is 1.25. The lowest BCUT2D eigenvalue weighted by molar-refractivity contribution is 0.206. The van der Waals surface area contributed by atoms with Crippen LogP contribution < -0.4 is 11.1 Å². The third kappa shape index (κ3) is 3.15. The standard InChI is InChI=1S/C12H19N3O/c1-4-9(2)15(3)12(16)14-11-7-5-10(13)6-8-11/h5-9H,4,13H2,1-3H3,(H,14,16). The quantitative estimate of drug-likeness (QED) is 0.770. The van der Waals surface area contributed by atoms with E-state index in [-0.39, 0.29) is 12.1 Å². The van der Waals surface area contributed by atoms with Crippen LogP contribution in [-0.2, 0) is 0 Å². The Morgan fingerprint density at radius 3 is 2.50 bits per heavy atom. The van der Waals surface area contributed by atoms with E-state index in [4.69, 9.17) is 5.73 Å². The highest BCUT2D eigenvalue weighted by Gasteiger charge is 2.13. The number of urea groups is 1. The first-order chi connectivity index (χ1) is 7.54. The van der Waals surface area contributed by atoms with E-state index in [1.54, 1.807) is 36.2 Å². The first-order valence-corrected chi connectivity index (χ1v) is 5.44. The lowest BCUT2D eigenvalue weighted by Gasteiger charge is -2.24. The van der Waals surface area contributed by atoms with Crippen LogP contribution in [0.5, 0.6) is 0 Å². The minimum atomic E-state index is -0.0980. The summed E-state index contributed by atoms with van der Waals surface area (Å²) in [5.74, 6) is 0. The molecule has 2 amide bonds. The number of nitrogens with one attached hydrogen (secondary N) is 1. The highest BCUT2D eigenvalue weighted by atomic mass is 16.2. The number of hydrogen-bond acceptors (Lipinski definition) is 2. The van der Waals surface area contributed by atoms with Crippen molar-refractivity contribution in [1.29, 1.82) is 0 Å². The maximum Gasteiger partial charge on any atom is 0.321 e. The zero-order chi connectivity index (χ0) is 12.1. The summed E-state index contributed by atoms with van der Waals surface area (Å²) >= 11 is 0. The predicted octanol–water partition coefficient (Wildman–Crippen LogP) is 2.53. The van der Waals surface area contributed by atoms with Crippen molar-refractivity contribution in [1.82, 2.24) is 4.90 Å². The summed E-state index contributed by atoms with van der Waals surface area (Å²) in [6, 6.07) is 7.24. The Bertz CT molecular complexity index is 348. The summed E-state index contributed by atoms with van der Waals surface area (Å²) in [5.41, 5.74) is 7.01. The summed E-state index contributed by atoms with van der Waals surface area (Å²) < 4.78 is 0. The molecule has 0 radical (unpaired) electrons. The van der Waals surface area contributed by atoms with Gasteiger partial charge in [-0.3, -0.25) is 0 Å². The molecule has 1 atom stereocenters. The minimum Gasteiger partial charge on any atom is -0.399 e. The Hall–Kier alpha value is -1.71. The molecule has 1 rings (SSSR count). The van der Waals surface area contributed by atoms with Crippen molar-refractivity contribution in [2.24, 2.45) is 0 Å². The number of carbonyl (C=O) groups excluding carboxylic acids is 1. The fourth-order valence-corrected chi connectivity index (χ4v) is 1.25. The lowest BCUT2D eigenvalue weighted by atomic mass is 10.2. The second-order valence-electron chi connectivity index (χ2n) is 3.92. The van der Waals surface area contributed by atoms with Crippen molar-refractivity contribution in [2.45, 2.75) is 26.3 Å². The van der Waals surface area contributed by atoms with Gasteiger partial charge in [0.25, 0.3) is 0 Å². The number of nitrogen functional groups attached to an aromatic ring is 1. The van der Waals surface area contributed by atoms with Crippen LogP contribution in [0.4, 0.5) is 16.2 Å². The number of rotatable bonds is 3. The topological polar surface area (TPSA) is 58.4 Å². The molecule has 0 aliphatic carbocycles. The molecule has 1 aromatic carbocycles. The van der Waals surface area contributed by atoms with Crippen LogP contribution in [0.1, 0.15) is 20.3 Å². The van der Waals surface area contributed by atoms with Gasteiger partial charge in [0.1, 0.15) is 0 Å². The molecule has 0 fully saturated rings. The van der Waals surface area contributed by atoms with E-state index < -0.39 is 0 Å². The van der Waals surface area contributed by atoms with Crippen LogP contribution in [0.25, 0.3) is 0 Å². The van der Waals surface area contributed by atoms with E-state index >= 15 is 0 Å². The summed E-state index contributed by atoms with van der Waals surface area (Å²) in [6.45, 7) is 4.07. The molecule has 1 aromatic rings. The molecule has 88 valence electrons. The van der Waals surface area contributed by atoms with Crippen molar-refractivity contribution in [3.05, 3.63) is 24.3 Å². The van der Waals surface area contributed by atoms with E-state index in [0.717, 1.165) is 12.1 Å². The summed E-state index contributed by atoms with van der Waals surface area (Å²) in [4.78, 5) is 13.5. The van der Waals surface area contributed by atoms with Crippen LogP contribution in [0.3, 0.4) is 0 Å². The maximum absolute atomic E-state index is 11.8. The van der Waals surface area contributed by atoms with E-state index in [9.17, 15) is 4.79 Å². The smallest absolute Gasteiger partial charge is 0.321 e. The van der Waals surface area contributed by atoms with Gasteiger partial charge in [-0.05, 0) is 37.6 Å². The number of nitrogens with zero attached hydrogens (tertiary/aromatic N) is 1. The number of carbonyl (C=O) groups is 1. The van der Waals surface area contributed by atoms with Gasteiger partial charge in [0.2, 0.25) is 0 Å². The van der Waals surface area contributed by atoms with Crippen LogP contribution in [0.2, 0.25) is 0 Å². The summed E-state index contributed by atoms with van der Waals surface area (Å²) in [5, 5.41) is 2.82. The average Bonchev–Trinajstić information content (AvgIpc) is 2.30. The molecular weight excluding hydrogens is 202 g/mol. The summed E-state index contributed by atoms with van der Waals surface area (Å²) in [7, 11) is 1.79. The van der Waals surface area contributed by atoms with Crippen LogP contribution in [0.15, 0.2) is 24.3 Å². The molecule has 0 aliphatic rings. The number of benzene rings is 1. The molecule has 0 aromatic heterocycles. The third-order valence-electron chi connectivity index (χ3n) is 2.73. The number of nitrogens with two attached hydrogens (primary N) is 1. The highest BCUT2D eigenvalue weighted by molar-refractivity contribution is 5.89. The average molecular weight is 221 g/mol. The molecule has 4 nitrogen and oxygen atoms in total. The zero-order valence-corrected chi connectivity index (χ0v) is 10.0. The van der Waals surface area contributed by atoms with Crippen molar-refractivity contribution in [3.63, 3.8) is 0 Å². The summed E-state index contributed by atoms with van der Waals surface area (Å²) in [6.07, 6.45) is 0.936. The normalized spacial score (nSPS) is 11.9. The van der Waals surface area contributed by atoms with Gasteiger partial charge in [0, 0.05) is 24.5 Å². The van der Waals surface area contributed by atoms with E-state index in [1.165, 1.54) is 0 Å². The molecule has 0 saturated carbocycles. The Morgan fingerprint density at radius 2 is 2.00 bits per heavy atom. The van der Waals surface area contributed by atoms with Crippen LogP contribution in [0, 0.1) is 0 Å². The molecule has 1 unspecified atom stereocenters.